The minimum absolute atomic E-state index is 0.0335. The van der Waals surface area contributed by atoms with E-state index in [1.165, 1.54) is 4.90 Å². The van der Waals surface area contributed by atoms with E-state index < -0.39 is 11.1 Å². The Bertz CT molecular complexity index is 803. The van der Waals surface area contributed by atoms with Gasteiger partial charge in [-0.3, -0.25) is 0 Å². The van der Waals surface area contributed by atoms with Crippen LogP contribution in [0.15, 0.2) is 23.3 Å². The lowest BCUT2D eigenvalue weighted by Crippen LogP contribution is -2.40. The van der Waals surface area contributed by atoms with E-state index in [1.54, 1.807) is 4.90 Å². The summed E-state index contributed by atoms with van der Waals surface area (Å²) in [6.07, 6.45) is 0.227. The molecular formula is C20H28N4O5. The summed E-state index contributed by atoms with van der Waals surface area (Å²) in [6.45, 7) is 10.0. The Labute approximate surface area is 170 Å². The second-order valence-electron chi connectivity index (χ2n) is 8.30. The number of amides is 1. The smallest absolute Gasteiger partial charge is 0.417 e. The Morgan fingerprint density at radius 2 is 2.03 bits per heavy atom. The zero-order valence-electron chi connectivity index (χ0n) is 17.4. The van der Waals surface area contributed by atoms with Crippen LogP contribution in [-0.2, 0) is 16.1 Å². The van der Waals surface area contributed by atoms with Crippen LogP contribution in [0.3, 0.4) is 0 Å². The van der Waals surface area contributed by atoms with E-state index in [4.69, 9.17) is 9.47 Å². The first-order chi connectivity index (χ1) is 13.7. The van der Waals surface area contributed by atoms with Gasteiger partial charge < -0.3 is 14.4 Å². The van der Waals surface area contributed by atoms with Gasteiger partial charge in [0.1, 0.15) is 11.7 Å². The predicted octanol–water partition coefficient (Wildman–Crippen LogP) is 2.92. The van der Waals surface area contributed by atoms with Crippen molar-refractivity contribution in [2.24, 2.45) is 11.0 Å². The van der Waals surface area contributed by atoms with Crippen LogP contribution in [0, 0.1) is 29.9 Å². The number of carbonyl (C=O) groups is 1. The van der Waals surface area contributed by atoms with Gasteiger partial charge in [0.15, 0.2) is 5.03 Å². The number of ether oxygens (including phenoxy) is 2. The summed E-state index contributed by atoms with van der Waals surface area (Å²) >= 11 is 0. The summed E-state index contributed by atoms with van der Waals surface area (Å²) in [7, 11) is 0. The normalized spacial score (nSPS) is 22.3. The van der Waals surface area contributed by atoms with E-state index in [0.717, 1.165) is 23.1 Å². The van der Waals surface area contributed by atoms with Gasteiger partial charge in [-0.15, -0.1) is 0 Å². The summed E-state index contributed by atoms with van der Waals surface area (Å²) in [5, 5.41) is 13.8. The Hall–Kier alpha value is -2.68. The molecule has 0 N–H and O–H groups in total. The van der Waals surface area contributed by atoms with Crippen LogP contribution in [0.1, 0.15) is 37.0 Å². The van der Waals surface area contributed by atoms with Crippen molar-refractivity contribution < 1.29 is 19.3 Å². The summed E-state index contributed by atoms with van der Waals surface area (Å²) in [6, 6.07) is 5.86. The zero-order chi connectivity index (χ0) is 21.2. The SMILES string of the molecule is Cc1cccc(C)c1COC(=O)N1CCN(CC2COC(C)(C)C2)C1=N[N+](=O)[O-]. The second-order valence-corrected chi connectivity index (χ2v) is 8.30. The molecule has 2 aliphatic heterocycles. The first-order valence-corrected chi connectivity index (χ1v) is 9.77. The Kier molecular flexibility index (Phi) is 6.07. The molecule has 2 fully saturated rings. The van der Waals surface area contributed by atoms with Crippen LogP contribution < -0.4 is 0 Å². The van der Waals surface area contributed by atoms with Gasteiger partial charge >= 0.3 is 6.09 Å². The number of hydrogen-bond donors (Lipinski definition) is 0. The van der Waals surface area contributed by atoms with Crippen molar-refractivity contribution in [3.63, 3.8) is 0 Å². The van der Waals surface area contributed by atoms with Gasteiger partial charge in [-0.05, 0) is 50.8 Å². The van der Waals surface area contributed by atoms with Crippen LogP contribution in [0.25, 0.3) is 0 Å². The molecule has 0 aromatic heterocycles. The molecule has 0 saturated carbocycles. The average molecular weight is 404 g/mol. The summed E-state index contributed by atoms with van der Waals surface area (Å²) in [4.78, 5) is 26.8. The molecule has 0 spiro atoms. The Balaban J connectivity index is 1.68. The molecule has 1 atom stereocenters. The molecule has 9 nitrogen and oxygen atoms in total. The molecule has 1 unspecified atom stereocenters. The number of aryl methyl sites for hydroxylation is 2. The average Bonchev–Trinajstić information content (AvgIpc) is 3.17. The van der Waals surface area contributed by atoms with Gasteiger partial charge in [0.05, 0.1) is 18.8 Å². The highest BCUT2D eigenvalue weighted by Crippen LogP contribution is 2.30. The fourth-order valence-corrected chi connectivity index (χ4v) is 4.00. The Morgan fingerprint density at radius 1 is 1.34 bits per heavy atom. The van der Waals surface area contributed by atoms with Crippen LogP contribution in [0.5, 0.6) is 0 Å². The van der Waals surface area contributed by atoms with Crippen molar-refractivity contribution >= 4 is 12.1 Å². The van der Waals surface area contributed by atoms with E-state index in [1.807, 2.05) is 45.9 Å². The van der Waals surface area contributed by atoms with Crippen LogP contribution >= 0.6 is 0 Å². The van der Waals surface area contributed by atoms with Crippen LogP contribution in [-0.4, -0.2) is 58.7 Å². The van der Waals surface area contributed by atoms with Crippen molar-refractivity contribution in [3.05, 3.63) is 45.0 Å². The minimum Gasteiger partial charge on any atom is -0.444 e. The number of hydrazone groups is 1. The first kappa shape index (κ1) is 21.0. The van der Waals surface area contributed by atoms with Gasteiger partial charge in [0.2, 0.25) is 0 Å². The summed E-state index contributed by atoms with van der Waals surface area (Å²) in [5.41, 5.74) is 2.80. The van der Waals surface area contributed by atoms with Gasteiger partial charge in [0.25, 0.3) is 5.96 Å². The molecule has 2 heterocycles. The standard InChI is InChI=1S/C20H28N4O5/c1-14-6-5-7-15(2)17(14)13-28-19(25)23-9-8-22(18(23)21-24(26)27)11-16-10-20(3,4)29-12-16/h5-7,16H,8-13H2,1-4H3. The lowest BCUT2D eigenvalue weighted by atomic mass is 9.97. The molecule has 1 amide bonds. The molecule has 2 aliphatic rings. The van der Waals surface area contributed by atoms with E-state index in [9.17, 15) is 14.9 Å². The largest absolute Gasteiger partial charge is 0.444 e. The molecule has 0 aliphatic carbocycles. The lowest BCUT2D eigenvalue weighted by molar-refractivity contribution is -0.486. The monoisotopic (exact) mass is 404 g/mol. The second kappa shape index (κ2) is 8.36. The molecule has 29 heavy (non-hydrogen) atoms. The number of nitro groups is 1. The van der Waals surface area contributed by atoms with Gasteiger partial charge in [-0.2, -0.15) is 0 Å². The maximum absolute atomic E-state index is 12.7. The van der Waals surface area contributed by atoms with Gasteiger partial charge in [0, 0.05) is 19.0 Å². The van der Waals surface area contributed by atoms with Crippen molar-refractivity contribution in [3.8, 4) is 0 Å². The number of benzene rings is 1. The van der Waals surface area contributed by atoms with Crippen molar-refractivity contribution in [2.75, 3.05) is 26.2 Å². The number of rotatable bonds is 5. The number of carbonyl (C=O) groups excluding carboxylic acids is 1. The summed E-state index contributed by atoms with van der Waals surface area (Å²) in [5.74, 6) is 0.263. The highest BCUT2D eigenvalue weighted by Gasteiger charge is 2.39. The minimum atomic E-state index is -0.769. The fraction of sp³-hybridized carbons (Fsp3) is 0.600. The van der Waals surface area contributed by atoms with Crippen molar-refractivity contribution in [1.82, 2.24) is 9.80 Å². The molecule has 158 valence electrons. The predicted molar refractivity (Wildman–Crippen MR) is 107 cm³/mol. The van der Waals surface area contributed by atoms with Crippen LogP contribution in [0.2, 0.25) is 0 Å². The molecule has 3 rings (SSSR count). The third-order valence-corrected chi connectivity index (χ3v) is 5.46. The first-order valence-electron chi connectivity index (χ1n) is 9.77. The van der Waals surface area contributed by atoms with E-state index >= 15 is 0 Å². The van der Waals surface area contributed by atoms with E-state index in [2.05, 4.69) is 5.10 Å². The highest BCUT2D eigenvalue weighted by molar-refractivity contribution is 5.95. The van der Waals surface area contributed by atoms with Gasteiger partial charge in [-0.25, -0.2) is 19.8 Å². The molecule has 2 saturated heterocycles. The molecular weight excluding hydrogens is 376 g/mol. The fourth-order valence-electron chi connectivity index (χ4n) is 4.00. The molecule has 0 bridgehead atoms. The number of guanidine groups is 1. The lowest BCUT2D eigenvalue weighted by Gasteiger charge is -2.22. The maximum Gasteiger partial charge on any atom is 0.417 e. The van der Waals surface area contributed by atoms with E-state index in [0.29, 0.717) is 26.2 Å². The zero-order valence-corrected chi connectivity index (χ0v) is 17.4. The third-order valence-electron chi connectivity index (χ3n) is 5.46. The summed E-state index contributed by atoms with van der Waals surface area (Å²) < 4.78 is 11.2. The highest BCUT2D eigenvalue weighted by atomic mass is 16.7. The number of hydrogen-bond acceptors (Lipinski definition) is 5. The molecule has 1 aromatic carbocycles. The molecule has 9 heteroatoms. The van der Waals surface area contributed by atoms with Crippen molar-refractivity contribution in [2.45, 2.75) is 46.3 Å². The topological polar surface area (TPSA) is 97.5 Å². The van der Waals surface area contributed by atoms with Gasteiger partial charge in [-0.1, -0.05) is 18.2 Å². The van der Waals surface area contributed by atoms with Crippen LogP contribution in [0.4, 0.5) is 4.79 Å². The maximum atomic E-state index is 12.7. The Morgan fingerprint density at radius 3 is 2.62 bits per heavy atom. The molecule has 0 radical (unpaired) electrons. The third kappa shape index (κ3) is 5.03. The van der Waals surface area contributed by atoms with Crippen molar-refractivity contribution in [1.29, 1.82) is 0 Å². The number of nitrogens with zero attached hydrogens (tertiary/aromatic N) is 4. The molecule has 1 aromatic rings. The van der Waals surface area contributed by atoms with E-state index in [-0.39, 0.29) is 24.1 Å². The quantitative estimate of drug-likeness (QED) is 0.553.